The van der Waals surface area contributed by atoms with E-state index < -0.39 is 41.3 Å². The van der Waals surface area contributed by atoms with Gasteiger partial charge >= 0.3 is 11.7 Å². The van der Waals surface area contributed by atoms with E-state index in [1.807, 2.05) is 6.07 Å². The lowest BCUT2D eigenvalue weighted by Crippen LogP contribution is -2.33. The lowest BCUT2D eigenvalue weighted by atomic mass is 10.2. The molecule has 1 unspecified atom stereocenters. The van der Waals surface area contributed by atoms with Crippen LogP contribution in [0.25, 0.3) is 0 Å². The zero-order valence-electron chi connectivity index (χ0n) is 15.2. The summed E-state index contributed by atoms with van der Waals surface area (Å²) < 4.78 is 23.1. The quantitative estimate of drug-likeness (QED) is 0.260. The second-order valence-electron chi connectivity index (χ2n) is 6.00. The van der Waals surface area contributed by atoms with Crippen LogP contribution in [-0.2, 0) is 35.1 Å². The third kappa shape index (κ3) is 6.27. The van der Waals surface area contributed by atoms with Crippen molar-refractivity contribution in [3.05, 3.63) is 32.6 Å². The van der Waals surface area contributed by atoms with Crippen molar-refractivity contribution in [3.8, 4) is 6.07 Å². The van der Waals surface area contributed by atoms with Gasteiger partial charge in [0, 0.05) is 25.1 Å². The van der Waals surface area contributed by atoms with Crippen LogP contribution in [-0.4, -0.2) is 40.9 Å². The molecule has 2 rings (SSSR count). The number of nitrogens with one attached hydrogen (secondary N) is 1. The number of rotatable bonds is 8. The zero-order chi connectivity index (χ0) is 20.9. The molecular formula is C15H20N3O7PS2. The SMILES string of the molecule is CC(=O)O[C@H]1C[C@H](n2cc(C)c(=O)[nH]c2=O)O[C@@H]1COP(=S)(S)OCCC#N. The van der Waals surface area contributed by atoms with Crippen LogP contribution in [0.5, 0.6) is 0 Å². The molecule has 1 aliphatic rings. The standard InChI is InChI=1S/C15H20N3O7PS2/c1-9-7-18(15(21)17-14(9)20)13-6-11(24-10(2)19)12(25-13)8-23-26(27,28)22-5-3-4-16/h7,11-13H,3,5-6,8H2,1-2H3,(H,27,28)(H,17,20,21)/t11-,12+,13+/m0/s1. The van der Waals surface area contributed by atoms with E-state index in [2.05, 4.69) is 17.2 Å². The summed E-state index contributed by atoms with van der Waals surface area (Å²) in [6.45, 7) is 2.82. The smallest absolute Gasteiger partial charge is 0.330 e. The second kappa shape index (κ2) is 9.82. The van der Waals surface area contributed by atoms with Crippen LogP contribution in [0.3, 0.4) is 0 Å². The third-order valence-electron chi connectivity index (χ3n) is 3.82. The summed E-state index contributed by atoms with van der Waals surface area (Å²) in [6, 6.07) is 1.92. The number of nitrogens with zero attached hydrogens (tertiary/aromatic N) is 2. The van der Waals surface area contributed by atoms with E-state index in [1.54, 1.807) is 6.92 Å². The molecule has 1 fully saturated rings. The van der Waals surface area contributed by atoms with Gasteiger partial charge in [-0.2, -0.15) is 5.26 Å². The lowest BCUT2D eigenvalue weighted by Gasteiger charge is -2.22. The molecule has 13 heteroatoms. The fraction of sp³-hybridized carbons (Fsp3) is 0.600. The van der Waals surface area contributed by atoms with Crippen LogP contribution in [0, 0.1) is 18.3 Å². The summed E-state index contributed by atoms with van der Waals surface area (Å²) >= 11 is 9.34. The number of esters is 1. The van der Waals surface area contributed by atoms with Crippen LogP contribution in [0.2, 0.25) is 0 Å². The Morgan fingerprint density at radius 1 is 1.54 bits per heavy atom. The fourth-order valence-electron chi connectivity index (χ4n) is 2.57. The molecule has 10 nitrogen and oxygen atoms in total. The van der Waals surface area contributed by atoms with Gasteiger partial charge in [-0.1, -0.05) is 12.2 Å². The maximum absolute atomic E-state index is 12.1. The van der Waals surface area contributed by atoms with Crippen molar-refractivity contribution in [1.29, 1.82) is 5.26 Å². The molecule has 0 radical (unpaired) electrons. The number of hydrogen-bond donors (Lipinski definition) is 2. The summed E-state index contributed by atoms with van der Waals surface area (Å²) in [4.78, 5) is 37.3. The van der Waals surface area contributed by atoms with Crippen molar-refractivity contribution in [2.45, 2.75) is 45.1 Å². The van der Waals surface area contributed by atoms with Crippen molar-refractivity contribution in [3.63, 3.8) is 0 Å². The summed E-state index contributed by atoms with van der Waals surface area (Å²) in [5.74, 6) is -0.514. The number of nitriles is 1. The molecule has 28 heavy (non-hydrogen) atoms. The van der Waals surface area contributed by atoms with Crippen LogP contribution < -0.4 is 11.2 Å². The topological polar surface area (TPSA) is 133 Å². The largest absolute Gasteiger partial charge is 0.460 e. The molecule has 1 saturated heterocycles. The van der Waals surface area contributed by atoms with Gasteiger partial charge in [0.05, 0.1) is 25.7 Å². The average Bonchev–Trinajstić information content (AvgIpc) is 2.98. The molecule has 1 aromatic rings. The van der Waals surface area contributed by atoms with Gasteiger partial charge < -0.3 is 18.5 Å². The Bertz CT molecular complexity index is 925. The van der Waals surface area contributed by atoms with Crippen molar-refractivity contribution in [2.75, 3.05) is 13.2 Å². The van der Waals surface area contributed by atoms with E-state index in [-0.39, 0.29) is 26.1 Å². The first kappa shape index (κ1) is 22.8. The third-order valence-corrected chi connectivity index (χ3v) is 6.13. The highest BCUT2D eigenvalue weighted by molar-refractivity contribution is 8.60. The Morgan fingerprint density at radius 3 is 2.89 bits per heavy atom. The van der Waals surface area contributed by atoms with Gasteiger partial charge in [-0.25, -0.2) is 4.79 Å². The Morgan fingerprint density at radius 2 is 2.25 bits per heavy atom. The minimum absolute atomic E-state index is 0.0845. The van der Waals surface area contributed by atoms with E-state index in [0.717, 1.165) is 0 Å². The van der Waals surface area contributed by atoms with E-state index in [0.29, 0.717) is 5.56 Å². The van der Waals surface area contributed by atoms with Gasteiger partial charge in [0.15, 0.2) is 0 Å². The monoisotopic (exact) mass is 449 g/mol. The first-order valence-corrected chi connectivity index (χ1v) is 12.1. The summed E-state index contributed by atoms with van der Waals surface area (Å²) in [5.41, 5.74) is -3.70. The summed E-state index contributed by atoms with van der Waals surface area (Å²) in [6.07, 6.45) is -0.462. The van der Waals surface area contributed by atoms with Crippen molar-refractivity contribution < 1.29 is 23.3 Å². The van der Waals surface area contributed by atoms with Crippen molar-refractivity contribution in [2.24, 2.45) is 0 Å². The fourth-order valence-corrected chi connectivity index (χ4v) is 4.15. The Hall–Kier alpha value is -1.48. The van der Waals surface area contributed by atoms with Crippen LogP contribution in [0.1, 0.15) is 31.6 Å². The first-order valence-electron chi connectivity index (χ1n) is 8.26. The number of aromatic amines is 1. The van der Waals surface area contributed by atoms with Gasteiger partial charge in [0.2, 0.25) is 5.69 Å². The van der Waals surface area contributed by atoms with E-state index in [4.69, 9.17) is 35.6 Å². The molecule has 0 aliphatic carbocycles. The summed E-state index contributed by atoms with van der Waals surface area (Å²) in [5, 5.41) is 8.54. The molecule has 0 spiro atoms. The molecule has 1 aromatic heterocycles. The molecule has 0 amide bonds. The number of aromatic nitrogens is 2. The Balaban J connectivity index is 2.12. The molecule has 1 N–H and O–H groups in total. The van der Waals surface area contributed by atoms with Crippen molar-refractivity contribution in [1.82, 2.24) is 9.55 Å². The molecular weight excluding hydrogens is 429 g/mol. The van der Waals surface area contributed by atoms with Gasteiger partial charge in [-0.15, -0.1) is 0 Å². The maximum Gasteiger partial charge on any atom is 0.330 e. The number of H-pyrrole nitrogens is 1. The van der Waals surface area contributed by atoms with Gasteiger partial charge in [-0.3, -0.25) is 19.1 Å². The number of aryl methyl sites for hydroxylation is 1. The Kier molecular flexibility index (Phi) is 8.00. The first-order chi connectivity index (χ1) is 13.1. The van der Waals surface area contributed by atoms with Gasteiger partial charge in [0.1, 0.15) is 18.4 Å². The average molecular weight is 449 g/mol. The van der Waals surface area contributed by atoms with E-state index >= 15 is 0 Å². The van der Waals surface area contributed by atoms with Crippen LogP contribution in [0.4, 0.5) is 0 Å². The van der Waals surface area contributed by atoms with Crippen LogP contribution in [0.15, 0.2) is 15.8 Å². The predicted molar refractivity (Wildman–Crippen MR) is 106 cm³/mol. The Labute approximate surface area is 171 Å². The van der Waals surface area contributed by atoms with Crippen molar-refractivity contribution >= 4 is 35.7 Å². The zero-order valence-corrected chi connectivity index (χ0v) is 17.8. The predicted octanol–water partition coefficient (Wildman–Crippen LogP) is 1.17. The molecule has 1 aliphatic heterocycles. The number of carbonyl (C=O) groups is 1. The number of carbonyl (C=O) groups excluding carboxylic acids is 1. The van der Waals surface area contributed by atoms with E-state index in [9.17, 15) is 14.4 Å². The highest BCUT2D eigenvalue weighted by atomic mass is 32.9. The number of hydrogen-bond acceptors (Lipinski definition) is 9. The lowest BCUT2D eigenvalue weighted by molar-refractivity contribution is -0.150. The normalized spacial score (nSPS) is 23.7. The van der Waals surface area contributed by atoms with Crippen LogP contribution >= 0.6 is 17.9 Å². The highest BCUT2D eigenvalue weighted by Gasteiger charge is 2.40. The molecule has 2 heterocycles. The van der Waals surface area contributed by atoms with Gasteiger partial charge in [0.25, 0.3) is 5.56 Å². The second-order valence-corrected chi connectivity index (χ2v) is 11.3. The number of ether oxygens (including phenoxy) is 2. The molecule has 0 aromatic carbocycles. The molecule has 4 atom stereocenters. The van der Waals surface area contributed by atoms with Gasteiger partial charge in [-0.05, 0) is 18.7 Å². The summed E-state index contributed by atoms with van der Waals surface area (Å²) in [7, 11) is 0. The minimum Gasteiger partial charge on any atom is -0.460 e. The van der Waals surface area contributed by atoms with E-state index in [1.165, 1.54) is 17.7 Å². The number of thiol groups is 1. The highest BCUT2D eigenvalue weighted by Crippen LogP contribution is 2.54. The maximum atomic E-state index is 12.1. The molecule has 0 bridgehead atoms. The molecule has 0 saturated carbocycles. The molecule has 154 valence electrons. The minimum atomic E-state index is -2.91.